The first-order chi connectivity index (χ1) is 14.6. The Hall–Kier alpha value is -2.62. The number of hydrogen-bond acceptors (Lipinski definition) is 5. The third-order valence-electron chi connectivity index (χ3n) is 6.11. The Morgan fingerprint density at radius 1 is 1.33 bits per heavy atom. The van der Waals surface area contributed by atoms with Crippen LogP contribution in [-0.4, -0.2) is 52.6 Å². The lowest BCUT2D eigenvalue weighted by Crippen LogP contribution is -2.45. The number of rotatable bonds is 3. The van der Waals surface area contributed by atoms with E-state index in [1.807, 2.05) is 24.0 Å². The van der Waals surface area contributed by atoms with Crippen LogP contribution in [0.2, 0.25) is 5.02 Å². The smallest absolute Gasteiger partial charge is 0.257 e. The van der Waals surface area contributed by atoms with Gasteiger partial charge in [0.05, 0.1) is 23.9 Å². The van der Waals surface area contributed by atoms with Crippen LogP contribution in [-0.2, 0) is 24.0 Å². The minimum Gasteiger partial charge on any atom is -0.379 e. The van der Waals surface area contributed by atoms with E-state index in [0.29, 0.717) is 29.7 Å². The van der Waals surface area contributed by atoms with Gasteiger partial charge in [0.2, 0.25) is 5.95 Å². The van der Waals surface area contributed by atoms with Crippen molar-refractivity contribution in [1.29, 1.82) is 0 Å². The van der Waals surface area contributed by atoms with E-state index in [0.717, 1.165) is 43.5 Å². The van der Waals surface area contributed by atoms with Gasteiger partial charge < -0.3 is 15.0 Å². The summed E-state index contributed by atoms with van der Waals surface area (Å²) in [5.74, 6) is 6.72. The van der Waals surface area contributed by atoms with Gasteiger partial charge in [0.25, 0.3) is 5.91 Å². The van der Waals surface area contributed by atoms with Crippen LogP contribution in [0.15, 0.2) is 18.3 Å². The summed E-state index contributed by atoms with van der Waals surface area (Å²) < 4.78 is 5.45. The van der Waals surface area contributed by atoms with Crippen LogP contribution < -0.4 is 5.32 Å². The summed E-state index contributed by atoms with van der Waals surface area (Å²) in [6.45, 7) is 3.86. The molecule has 2 aliphatic heterocycles. The number of ether oxygens (including phenoxy) is 1. The molecule has 1 aliphatic carbocycles. The van der Waals surface area contributed by atoms with Crippen molar-refractivity contribution >= 4 is 23.5 Å². The van der Waals surface area contributed by atoms with E-state index < -0.39 is 0 Å². The van der Waals surface area contributed by atoms with E-state index >= 15 is 0 Å². The third kappa shape index (κ3) is 3.53. The van der Waals surface area contributed by atoms with Gasteiger partial charge in [-0.25, -0.2) is 9.97 Å². The van der Waals surface area contributed by atoms with E-state index in [2.05, 4.69) is 27.1 Å². The molecule has 0 saturated carbocycles. The number of carbonyl (C=O) groups is 1. The molecule has 1 fully saturated rings. The monoisotopic (exact) mass is 422 g/mol. The molecule has 0 spiro atoms. The molecule has 30 heavy (non-hydrogen) atoms. The van der Waals surface area contributed by atoms with E-state index in [4.69, 9.17) is 16.3 Å². The van der Waals surface area contributed by atoms with Crippen LogP contribution in [0.1, 0.15) is 46.1 Å². The predicted octanol–water partition coefficient (Wildman–Crippen LogP) is 2.87. The topological polar surface area (TPSA) is 67.3 Å². The van der Waals surface area contributed by atoms with E-state index in [1.54, 1.807) is 6.20 Å². The lowest BCUT2D eigenvalue weighted by atomic mass is 10.0. The molecular weight excluding hydrogens is 400 g/mol. The highest BCUT2D eigenvalue weighted by Crippen LogP contribution is 2.30. The van der Waals surface area contributed by atoms with Gasteiger partial charge in [0.15, 0.2) is 0 Å². The highest BCUT2D eigenvalue weighted by Gasteiger charge is 2.33. The Labute approximate surface area is 181 Å². The Kier molecular flexibility index (Phi) is 5.10. The summed E-state index contributed by atoms with van der Waals surface area (Å²) in [5.41, 5.74) is 4.90. The summed E-state index contributed by atoms with van der Waals surface area (Å²) in [5, 5.41) is 4.17. The molecule has 5 rings (SSSR count). The molecule has 2 unspecified atom stereocenters. The summed E-state index contributed by atoms with van der Waals surface area (Å²) in [7, 11) is 0. The van der Waals surface area contributed by atoms with E-state index in [1.165, 1.54) is 11.1 Å². The molecule has 1 saturated heterocycles. The van der Waals surface area contributed by atoms with Crippen molar-refractivity contribution in [1.82, 2.24) is 14.9 Å². The minimum absolute atomic E-state index is 0.0176. The van der Waals surface area contributed by atoms with Gasteiger partial charge in [0.1, 0.15) is 0 Å². The van der Waals surface area contributed by atoms with Crippen LogP contribution >= 0.6 is 11.6 Å². The Bertz CT molecular complexity index is 1070. The zero-order valence-corrected chi connectivity index (χ0v) is 17.6. The summed E-state index contributed by atoms with van der Waals surface area (Å²) in [4.78, 5) is 23.9. The number of benzene rings is 1. The van der Waals surface area contributed by atoms with Gasteiger partial charge in [0, 0.05) is 42.4 Å². The first-order valence-electron chi connectivity index (χ1n) is 10.4. The fraction of sp³-hybridized carbons (Fsp3) is 0.435. The van der Waals surface area contributed by atoms with Crippen LogP contribution in [0.3, 0.4) is 0 Å². The number of nitrogens with zero attached hydrogens (tertiary/aromatic N) is 3. The number of carbonyl (C=O) groups excluding carboxylic acids is 1. The van der Waals surface area contributed by atoms with Gasteiger partial charge in [-0.05, 0) is 49.4 Å². The van der Waals surface area contributed by atoms with E-state index in [9.17, 15) is 4.79 Å². The molecule has 7 heteroatoms. The molecule has 1 aromatic carbocycles. The van der Waals surface area contributed by atoms with Crippen molar-refractivity contribution in [2.24, 2.45) is 0 Å². The number of aromatic nitrogens is 2. The van der Waals surface area contributed by atoms with Gasteiger partial charge in [-0.15, -0.1) is 5.92 Å². The first-order valence-corrected chi connectivity index (χ1v) is 10.8. The maximum atomic E-state index is 12.9. The Morgan fingerprint density at radius 2 is 2.23 bits per heavy atom. The molecule has 1 aromatic heterocycles. The van der Waals surface area contributed by atoms with Crippen molar-refractivity contribution < 1.29 is 9.53 Å². The number of halogens is 1. The molecular formula is C23H23ClN4O2. The van der Waals surface area contributed by atoms with Crippen molar-refractivity contribution in [3.8, 4) is 11.8 Å². The molecule has 6 nitrogen and oxygen atoms in total. The van der Waals surface area contributed by atoms with E-state index in [-0.39, 0.29) is 18.0 Å². The van der Waals surface area contributed by atoms with Crippen molar-refractivity contribution in [3.63, 3.8) is 0 Å². The zero-order valence-electron chi connectivity index (χ0n) is 16.9. The number of amides is 1. The van der Waals surface area contributed by atoms with Gasteiger partial charge in [-0.3, -0.25) is 4.79 Å². The van der Waals surface area contributed by atoms with Gasteiger partial charge in [-0.1, -0.05) is 17.5 Å². The molecule has 3 heterocycles. The zero-order chi connectivity index (χ0) is 20.7. The molecule has 0 radical (unpaired) electrons. The fourth-order valence-corrected chi connectivity index (χ4v) is 4.93. The van der Waals surface area contributed by atoms with Gasteiger partial charge in [-0.2, -0.15) is 0 Å². The lowest BCUT2D eigenvalue weighted by molar-refractivity contribution is 0.0633. The molecule has 154 valence electrons. The molecule has 2 atom stereocenters. The normalized spacial score (nSPS) is 22.3. The predicted molar refractivity (Wildman–Crippen MR) is 115 cm³/mol. The van der Waals surface area contributed by atoms with Crippen molar-refractivity contribution in [2.45, 2.75) is 44.7 Å². The lowest BCUT2D eigenvalue weighted by Gasteiger charge is -2.32. The second kappa shape index (κ2) is 7.90. The molecule has 0 bridgehead atoms. The van der Waals surface area contributed by atoms with Crippen molar-refractivity contribution in [3.05, 3.63) is 51.3 Å². The second-order valence-corrected chi connectivity index (χ2v) is 8.47. The van der Waals surface area contributed by atoms with Crippen LogP contribution in [0.5, 0.6) is 0 Å². The highest BCUT2D eigenvalue weighted by atomic mass is 35.5. The van der Waals surface area contributed by atoms with Crippen LogP contribution in [0.25, 0.3) is 0 Å². The fourth-order valence-electron chi connectivity index (χ4n) is 4.69. The largest absolute Gasteiger partial charge is 0.379 e. The highest BCUT2D eigenvalue weighted by molar-refractivity contribution is 6.30. The second-order valence-electron chi connectivity index (χ2n) is 8.04. The third-order valence-corrected chi connectivity index (χ3v) is 6.33. The Morgan fingerprint density at radius 3 is 3.03 bits per heavy atom. The minimum atomic E-state index is 0.0176. The summed E-state index contributed by atoms with van der Waals surface area (Å²) in [6.07, 6.45) is 5.01. The number of anilines is 1. The molecule has 2 aromatic rings. The van der Waals surface area contributed by atoms with Gasteiger partial charge >= 0.3 is 0 Å². The SMILES string of the molecule is CC#Cc1cc(Cl)cc2c1CC(Nc1ncc3c(n1)CCN(C1CCOC1)C3=O)C2. The average molecular weight is 423 g/mol. The van der Waals surface area contributed by atoms with Crippen LogP contribution in [0, 0.1) is 11.8 Å². The van der Waals surface area contributed by atoms with Crippen LogP contribution in [0.4, 0.5) is 5.95 Å². The Balaban J connectivity index is 1.32. The molecule has 3 aliphatic rings. The molecule has 1 N–H and O–H groups in total. The maximum Gasteiger partial charge on any atom is 0.257 e. The first kappa shape index (κ1) is 19.3. The molecule has 1 amide bonds. The summed E-state index contributed by atoms with van der Waals surface area (Å²) in [6, 6.07) is 4.31. The number of nitrogens with one attached hydrogen (secondary N) is 1. The maximum absolute atomic E-state index is 12.9. The van der Waals surface area contributed by atoms with Crippen molar-refractivity contribution in [2.75, 3.05) is 25.1 Å². The summed E-state index contributed by atoms with van der Waals surface area (Å²) >= 11 is 6.27. The standard InChI is InChI=1S/C23H23ClN4O2/c1-2-3-14-8-16(24)9-15-10-17(11-19(14)15)26-23-25-12-20-21(27-23)4-6-28(22(20)29)18-5-7-30-13-18/h8-9,12,17-18H,4-7,10-11,13H2,1H3,(H,25,26,27). The number of fused-ring (bicyclic) bond motifs is 2. The number of hydrogen-bond donors (Lipinski definition) is 1. The quantitative estimate of drug-likeness (QED) is 0.770. The average Bonchev–Trinajstić information content (AvgIpc) is 3.38.